The Kier molecular flexibility index (Phi) is 3.01. The van der Waals surface area contributed by atoms with E-state index in [-0.39, 0.29) is 0 Å². The molecule has 3 fully saturated rings. The number of aliphatic carboxylic acids is 1. The van der Waals surface area contributed by atoms with Crippen molar-refractivity contribution in [2.24, 2.45) is 23.2 Å². The number of aromatic nitrogens is 4. The predicted molar refractivity (Wildman–Crippen MR) is 74.4 cm³/mol. The lowest BCUT2D eigenvalue weighted by Crippen LogP contribution is -2.42. The molecule has 114 valence electrons. The molecule has 3 atom stereocenters. The van der Waals surface area contributed by atoms with E-state index in [1.54, 1.807) is 4.68 Å². The highest BCUT2D eigenvalue weighted by Gasteiger charge is 2.46. The Morgan fingerprint density at radius 2 is 2.19 bits per heavy atom. The number of hydrogen-bond donors (Lipinski definition) is 1. The largest absolute Gasteiger partial charge is 0.481 e. The van der Waals surface area contributed by atoms with E-state index in [4.69, 9.17) is 0 Å². The van der Waals surface area contributed by atoms with Gasteiger partial charge in [0.15, 0.2) is 5.82 Å². The van der Waals surface area contributed by atoms with Crippen molar-refractivity contribution in [1.29, 1.82) is 0 Å². The van der Waals surface area contributed by atoms with Gasteiger partial charge in [-0.1, -0.05) is 12.8 Å². The summed E-state index contributed by atoms with van der Waals surface area (Å²) in [7, 11) is 0. The second-order valence-electron chi connectivity index (χ2n) is 7.33. The molecule has 0 aliphatic heterocycles. The van der Waals surface area contributed by atoms with Gasteiger partial charge in [0.05, 0.1) is 12.0 Å². The van der Waals surface area contributed by atoms with Crippen molar-refractivity contribution in [3.8, 4) is 0 Å². The molecule has 1 aromatic heterocycles. The van der Waals surface area contributed by atoms with Gasteiger partial charge < -0.3 is 5.11 Å². The third kappa shape index (κ3) is 2.15. The Bertz CT molecular complexity index is 552. The number of carboxylic acid groups (broad SMARTS) is 1. The minimum absolute atomic E-state index is 0.436. The molecule has 6 nitrogen and oxygen atoms in total. The fourth-order valence-corrected chi connectivity index (χ4v) is 4.68. The maximum atomic E-state index is 11.5. The maximum Gasteiger partial charge on any atom is 0.311 e. The summed E-state index contributed by atoms with van der Waals surface area (Å²) in [6, 6.07) is 0. The van der Waals surface area contributed by atoms with Gasteiger partial charge in [0, 0.05) is 6.42 Å². The van der Waals surface area contributed by atoms with Crippen molar-refractivity contribution in [3.63, 3.8) is 0 Å². The van der Waals surface area contributed by atoms with Gasteiger partial charge in [0.2, 0.25) is 0 Å². The molecule has 3 aliphatic rings. The summed E-state index contributed by atoms with van der Waals surface area (Å²) in [4.78, 5) is 11.5. The van der Waals surface area contributed by atoms with E-state index >= 15 is 0 Å². The molecule has 0 radical (unpaired) electrons. The third-order valence-corrected chi connectivity index (χ3v) is 6.15. The highest BCUT2D eigenvalue weighted by atomic mass is 16.4. The molecule has 1 N–H and O–H groups in total. The summed E-state index contributed by atoms with van der Waals surface area (Å²) in [5.41, 5.74) is -0.626. The van der Waals surface area contributed by atoms with Crippen LogP contribution < -0.4 is 0 Å². The molecule has 0 aromatic carbocycles. The number of tetrazole rings is 1. The Hall–Kier alpha value is -1.46. The van der Waals surface area contributed by atoms with Gasteiger partial charge >= 0.3 is 5.97 Å². The fraction of sp³-hybridized carbons (Fsp3) is 0.867. The van der Waals surface area contributed by atoms with Crippen LogP contribution in [0.5, 0.6) is 0 Å². The first-order chi connectivity index (χ1) is 10.2. The lowest BCUT2D eigenvalue weighted by Gasteiger charge is -2.37. The zero-order valence-electron chi connectivity index (χ0n) is 12.2. The van der Waals surface area contributed by atoms with Gasteiger partial charge in [-0.05, 0) is 60.3 Å². The molecular weight excluding hydrogens is 268 g/mol. The molecule has 0 amide bonds. The van der Waals surface area contributed by atoms with Crippen molar-refractivity contribution in [2.75, 3.05) is 0 Å². The van der Waals surface area contributed by atoms with E-state index in [0.717, 1.165) is 43.3 Å². The van der Waals surface area contributed by atoms with Crippen LogP contribution in [0.25, 0.3) is 0 Å². The minimum Gasteiger partial charge on any atom is -0.481 e. The van der Waals surface area contributed by atoms with E-state index in [0.29, 0.717) is 12.5 Å². The van der Waals surface area contributed by atoms with E-state index in [1.165, 1.54) is 25.7 Å². The van der Waals surface area contributed by atoms with Gasteiger partial charge in [-0.3, -0.25) is 4.79 Å². The topological polar surface area (TPSA) is 80.9 Å². The van der Waals surface area contributed by atoms with Gasteiger partial charge in [-0.25, -0.2) is 4.68 Å². The predicted octanol–water partition coefficient (Wildman–Crippen LogP) is 1.91. The molecule has 0 spiro atoms. The van der Waals surface area contributed by atoms with Crippen LogP contribution in [0.15, 0.2) is 0 Å². The highest BCUT2D eigenvalue weighted by Crippen LogP contribution is 2.49. The first-order valence-corrected chi connectivity index (χ1v) is 8.15. The zero-order chi connectivity index (χ0) is 14.4. The van der Waals surface area contributed by atoms with Crippen LogP contribution in [0.4, 0.5) is 0 Å². The second kappa shape index (κ2) is 4.78. The average molecular weight is 290 g/mol. The quantitative estimate of drug-likeness (QED) is 0.896. The third-order valence-electron chi connectivity index (χ3n) is 6.15. The van der Waals surface area contributed by atoms with E-state index in [2.05, 4.69) is 15.5 Å². The Balaban J connectivity index is 1.48. The molecule has 2 bridgehead atoms. The Labute approximate surface area is 123 Å². The Morgan fingerprint density at radius 1 is 1.33 bits per heavy atom. The SMILES string of the molecule is O=C(O)C1(Cn2nnnc2CC2CC3CCC2C3)CCC1. The number of carbonyl (C=O) groups is 1. The van der Waals surface area contributed by atoms with Crippen LogP contribution in [0.2, 0.25) is 0 Å². The minimum atomic E-state index is -0.699. The summed E-state index contributed by atoms with van der Waals surface area (Å²) < 4.78 is 1.76. The van der Waals surface area contributed by atoms with Crippen molar-refractivity contribution < 1.29 is 9.90 Å². The van der Waals surface area contributed by atoms with E-state index in [9.17, 15) is 9.90 Å². The van der Waals surface area contributed by atoms with Gasteiger partial charge in [-0.2, -0.15) is 0 Å². The summed E-state index contributed by atoms with van der Waals surface area (Å²) in [6.07, 6.45) is 8.85. The average Bonchev–Trinajstić information content (AvgIpc) is 3.10. The van der Waals surface area contributed by atoms with Gasteiger partial charge in [0.1, 0.15) is 0 Å². The molecule has 3 unspecified atom stereocenters. The monoisotopic (exact) mass is 290 g/mol. The number of rotatable bonds is 5. The van der Waals surface area contributed by atoms with Crippen LogP contribution in [0.3, 0.4) is 0 Å². The number of hydrogen-bond acceptors (Lipinski definition) is 4. The zero-order valence-corrected chi connectivity index (χ0v) is 12.2. The first-order valence-electron chi connectivity index (χ1n) is 8.15. The molecule has 21 heavy (non-hydrogen) atoms. The normalized spacial score (nSPS) is 33.0. The van der Waals surface area contributed by atoms with E-state index < -0.39 is 11.4 Å². The van der Waals surface area contributed by atoms with Crippen molar-refractivity contribution >= 4 is 5.97 Å². The molecule has 6 heteroatoms. The number of nitrogens with zero attached hydrogens (tertiary/aromatic N) is 4. The van der Waals surface area contributed by atoms with Crippen LogP contribution in [0.1, 0.15) is 50.8 Å². The van der Waals surface area contributed by atoms with Crippen LogP contribution >= 0.6 is 0 Å². The summed E-state index contributed by atoms with van der Waals surface area (Å²) in [5, 5.41) is 21.5. The van der Waals surface area contributed by atoms with E-state index in [1.807, 2.05) is 0 Å². The van der Waals surface area contributed by atoms with Crippen LogP contribution in [-0.2, 0) is 17.8 Å². The molecule has 1 aromatic rings. The number of carboxylic acids is 1. The van der Waals surface area contributed by atoms with Crippen LogP contribution in [0, 0.1) is 23.2 Å². The van der Waals surface area contributed by atoms with Crippen molar-refractivity contribution in [3.05, 3.63) is 5.82 Å². The molecule has 3 aliphatic carbocycles. The van der Waals surface area contributed by atoms with Crippen molar-refractivity contribution in [2.45, 2.75) is 57.9 Å². The molecule has 1 heterocycles. The summed E-state index contributed by atoms with van der Waals surface area (Å²) in [6.45, 7) is 0.436. The second-order valence-corrected chi connectivity index (χ2v) is 7.33. The fourth-order valence-electron chi connectivity index (χ4n) is 4.68. The van der Waals surface area contributed by atoms with Crippen molar-refractivity contribution in [1.82, 2.24) is 20.2 Å². The molecular formula is C15H22N4O2. The number of fused-ring (bicyclic) bond motifs is 2. The smallest absolute Gasteiger partial charge is 0.311 e. The Morgan fingerprint density at radius 3 is 2.76 bits per heavy atom. The first kappa shape index (κ1) is 13.2. The molecule has 4 rings (SSSR count). The maximum absolute atomic E-state index is 11.5. The summed E-state index contributed by atoms with van der Waals surface area (Å²) >= 11 is 0. The van der Waals surface area contributed by atoms with Gasteiger partial charge in [-0.15, -0.1) is 5.10 Å². The molecule has 3 saturated carbocycles. The molecule has 0 saturated heterocycles. The lowest BCUT2D eigenvalue weighted by atomic mass is 9.69. The summed E-state index contributed by atoms with van der Waals surface area (Å²) in [5.74, 6) is 2.66. The highest BCUT2D eigenvalue weighted by molar-refractivity contribution is 5.75. The van der Waals surface area contributed by atoms with Crippen LogP contribution in [-0.4, -0.2) is 31.3 Å². The standard InChI is InChI=1S/C15H22N4O2/c20-14(21)15(4-1-5-15)9-19-13(16-17-18-19)8-12-7-10-2-3-11(12)6-10/h10-12H,1-9H2,(H,20,21). The van der Waals surface area contributed by atoms with Gasteiger partial charge in [0.25, 0.3) is 0 Å². The lowest BCUT2D eigenvalue weighted by molar-refractivity contribution is -0.156.